The Morgan fingerprint density at radius 1 is 1.14 bits per heavy atom. The predicted molar refractivity (Wildman–Crippen MR) is 123 cm³/mol. The molecule has 1 N–H and O–H groups in total. The number of carboxylic acids is 1. The first kappa shape index (κ1) is 27.7. The minimum absolute atomic E-state index is 0.0345. The standard InChI is InChI=1S/C23H32FN5O6/c1-13(2)10-16(29(7)22(33)34-23(3,4)5)20(30)28(6)17(21(31)32)11-18-26-19(27-35-18)15-9-8-14(24)12-25-15/h8-9,12-13,16-17H,10-11H2,1-7H3,(H,31,32). The Bertz CT molecular complexity index is 1030. The van der Waals surface area contributed by atoms with Crippen molar-refractivity contribution in [1.82, 2.24) is 24.9 Å². The predicted octanol–water partition coefficient (Wildman–Crippen LogP) is 3.01. The smallest absolute Gasteiger partial charge is 0.410 e. The molecule has 2 aromatic heterocycles. The second-order valence-electron chi connectivity index (χ2n) is 9.62. The molecule has 0 aliphatic heterocycles. The molecule has 12 heteroatoms. The molecule has 2 unspecified atom stereocenters. The molecule has 0 fully saturated rings. The van der Waals surface area contributed by atoms with Crippen molar-refractivity contribution >= 4 is 18.0 Å². The SMILES string of the molecule is CC(C)CC(C(=O)N(C)C(Cc1nc(-c2ccc(F)cn2)no1)C(=O)O)N(C)C(=O)OC(C)(C)C. The number of pyridine rings is 1. The molecule has 2 amide bonds. The molecule has 0 aliphatic rings. The first-order valence-corrected chi connectivity index (χ1v) is 11.1. The molecule has 0 saturated carbocycles. The number of rotatable bonds is 9. The molecule has 0 spiro atoms. The minimum atomic E-state index is -1.35. The van der Waals surface area contributed by atoms with Gasteiger partial charge in [0.2, 0.25) is 17.6 Å². The molecule has 0 aliphatic carbocycles. The monoisotopic (exact) mass is 493 g/mol. The average Bonchev–Trinajstić information content (AvgIpc) is 3.22. The van der Waals surface area contributed by atoms with E-state index in [0.29, 0.717) is 6.42 Å². The van der Waals surface area contributed by atoms with Crippen molar-refractivity contribution in [1.29, 1.82) is 0 Å². The van der Waals surface area contributed by atoms with Gasteiger partial charge in [0.25, 0.3) is 0 Å². The van der Waals surface area contributed by atoms with Gasteiger partial charge in [-0.3, -0.25) is 9.69 Å². The van der Waals surface area contributed by atoms with Gasteiger partial charge >= 0.3 is 12.1 Å². The summed E-state index contributed by atoms with van der Waals surface area (Å²) < 4.78 is 23.6. The lowest BCUT2D eigenvalue weighted by molar-refractivity contribution is -0.151. The van der Waals surface area contributed by atoms with E-state index in [1.165, 1.54) is 31.1 Å². The van der Waals surface area contributed by atoms with E-state index in [-0.39, 0.29) is 29.7 Å². The molecule has 2 atom stereocenters. The summed E-state index contributed by atoms with van der Waals surface area (Å²) in [6.07, 6.45) is 0.321. The molecule has 0 bridgehead atoms. The Morgan fingerprint density at radius 2 is 1.80 bits per heavy atom. The van der Waals surface area contributed by atoms with Crippen molar-refractivity contribution in [2.45, 2.75) is 65.1 Å². The van der Waals surface area contributed by atoms with E-state index < -0.39 is 41.5 Å². The number of aromatic nitrogens is 3. The van der Waals surface area contributed by atoms with E-state index in [9.17, 15) is 23.9 Å². The molecular weight excluding hydrogens is 461 g/mol. The van der Waals surface area contributed by atoms with E-state index >= 15 is 0 Å². The van der Waals surface area contributed by atoms with E-state index in [0.717, 1.165) is 11.1 Å². The van der Waals surface area contributed by atoms with E-state index in [4.69, 9.17) is 9.26 Å². The van der Waals surface area contributed by atoms with Crippen LogP contribution >= 0.6 is 0 Å². The Labute approximate surface area is 203 Å². The van der Waals surface area contributed by atoms with Crippen LogP contribution in [-0.4, -0.2) is 79.8 Å². The van der Waals surface area contributed by atoms with Gasteiger partial charge in [0, 0.05) is 14.1 Å². The Morgan fingerprint density at radius 3 is 2.31 bits per heavy atom. The van der Waals surface area contributed by atoms with Gasteiger partial charge in [0.15, 0.2) is 0 Å². The van der Waals surface area contributed by atoms with Gasteiger partial charge in [-0.2, -0.15) is 4.98 Å². The number of hydrogen-bond donors (Lipinski definition) is 1. The van der Waals surface area contributed by atoms with Crippen LogP contribution in [0.4, 0.5) is 9.18 Å². The highest BCUT2D eigenvalue weighted by molar-refractivity contribution is 5.89. The van der Waals surface area contributed by atoms with Crippen molar-refractivity contribution in [2.24, 2.45) is 5.92 Å². The lowest BCUT2D eigenvalue weighted by Crippen LogP contribution is -2.54. The third-order valence-electron chi connectivity index (χ3n) is 5.02. The Kier molecular flexibility index (Phi) is 8.88. The fourth-order valence-electron chi connectivity index (χ4n) is 3.23. The van der Waals surface area contributed by atoms with Crippen molar-refractivity contribution in [3.8, 4) is 11.5 Å². The van der Waals surface area contributed by atoms with Crippen LogP contribution in [0.1, 0.15) is 46.9 Å². The van der Waals surface area contributed by atoms with Gasteiger partial charge in [-0.15, -0.1) is 0 Å². The van der Waals surface area contributed by atoms with Crippen molar-refractivity contribution < 1.29 is 33.1 Å². The second-order valence-corrected chi connectivity index (χ2v) is 9.62. The maximum atomic E-state index is 13.4. The van der Waals surface area contributed by atoms with Crippen molar-refractivity contribution in [2.75, 3.05) is 14.1 Å². The maximum Gasteiger partial charge on any atom is 0.410 e. The summed E-state index contributed by atoms with van der Waals surface area (Å²) in [7, 11) is 2.79. The fraction of sp³-hybridized carbons (Fsp3) is 0.565. The van der Waals surface area contributed by atoms with E-state index in [1.807, 2.05) is 13.8 Å². The highest BCUT2D eigenvalue weighted by Crippen LogP contribution is 2.20. The Balaban J connectivity index is 2.24. The first-order chi connectivity index (χ1) is 16.2. The second kappa shape index (κ2) is 11.2. The summed E-state index contributed by atoms with van der Waals surface area (Å²) >= 11 is 0. The molecule has 11 nitrogen and oxygen atoms in total. The van der Waals surface area contributed by atoms with Crippen LogP contribution in [0.25, 0.3) is 11.5 Å². The van der Waals surface area contributed by atoms with Gasteiger partial charge in [0.05, 0.1) is 12.6 Å². The largest absolute Gasteiger partial charge is 0.480 e. The number of carbonyl (C=O) groups excluding carboxylic acids is 2. The molecule has 192 valence electrons. The first-order valence-electron chi connectivity index (χ1n) is 11.1. The van der Waals surface area contributed by atoms with Gasteiger partial charge < -0.3 is 19.3 Å². The third-order valence-corrected chi connectivity index (χ3v) is 5.02. The van der Waals surface area contributed by atoms with Crippen LogP contribution < -0.4 is 0 Å². The maximum absolute atomic E-state index is 13.4. The van der Waals surface area contributed by atoms with Crippen LogP contribution in [0, 0.1) is 11.7 Å². The van der Waals surface area contributed by atoms with Crippen molar-refractivity contribution in [3.05, 3.63) is 30.0 Å². The number of carbonyl (C=O) groups is 3. The average molecular weight is 494 g/mol. The molecule has 2 rings (SSSR count). The third kappa shape index (κ3) is 7.72. The minimum Gasteiger partial charge on any atom is -0.480 e. The lowest BCUT2D eigenvalue weighted by Gasteiger charge is -2.34. The molecule has 0 radical (unpaired) electrons. The van der Waals surface area contributed by atoms with Gasteiger partial charge in [-0.05, 0) is 45.2 Å². The number of ether oxygens (including phenoxy) is 1. The van der Waals surface area contributed by atoms with Gasteiger partial charge in [-0.1, -0.05) is 19.0 Å². The summed E-state index contributed by atoms with van der Waals surface area (Å²) in [5.74, 6) is -2.34. The number of hydrogen-bond acceptors (Lipinski definition) is 8. The molecular formula is C23H32FN5O6. The zero-order valence-corrected chi connectivity index (χ0v) is 21.0. The van der Waals surface area contributed by atoms with Crippen molar-refractivity contribution in [3.63, 3.8) is 0 Å². The molecule has 0 saturated heterocycles. The summed E-state index contributed by atoms with van der Waals surface area (Å²) in [6.45, 7) is 8.92. The van der Waals surface area contributed by atoms with Crippen LogP contribution in [-0.2, 0) is 20.7 Å². The molecule has 35 heavy (non-hydrogen) atoms. The van der Waals surface area contributed by atoms with Crippen LogP contribution in [0.5, 0.6) is 0 Å². The highest BCUT2D eigenvalue weighted by Gasteiger charge is 2.37. The fourth-order valence-corrected chi connectivity index (χ4v) is 3.23. The van der Waals surface area contributed by atoms with Crippen LogP contribution in [0.2, 0.25) is 0 Å². The highest BCUT2D eigenvalue weighted by atomic mass is 19.1. The number of amides is 2. The number of aliphatic carboxylic acids is 1. The van der Waals surface area contributed by atoms with Crippen LogP contribution in [0.3, 0.4) is 0 Å². The van der Waals surface area contributed by atoms with E-state index in [2.05, 4.69) is 15.1 Å². The molecule has 2 aromatic rings. The zero-order valence-electron chi connectivity index (χ0n) is 21.0. The normalized spacial score (nSPS) is 13.3. The summed E-state index contributed by atoms with van der Waals surface area (Å²) in [6, 6.07) is 0.245. The summed E-state index contributed by atoms with van der Waals surface area (Å²) in [5, 5.41) is 13.6. The number of likely N-dealkylation sites (N-methyl/N-ethyl adjacent to an activating group) is 2. The number of carboxylic acid groups (broad SMARTS) is 1. The molecule has 2 heterocycles. The van der Waals surface area contributed by atoms with Crippen LogP contribution in [0.15, 0.2) is 22.9 Å². The van der Waals surface area contributed by atoms with Gasteiger partial charge in [0.1, 0.15) is 29.2 Å². The summed E-state index contributed by atoms with van der Waals surface area (Å²) in [5.41, 5.74) is -0.518. The Hall–Kier alpha value is -3.57. The lowest BCUT2D eigenvalue weighted by atomic mass is 10.0. The summed E-state index contributed by atoms with van der Waals surface area (Å²) in [4.78, 5) is 48.3. The number of halogens is 1. The van der Waals surface area contributed by atoms with E-state index in [1.54, 1.807) is 20.8 Å². The zero-order chi connectivity index (χ0) is 26.5. The number of nitrogens with zero attached hydrogens (tertiary/aromatic N) is 5. The quantitative estimate of drug-likeness (QED) is 0.558. The topological polar surface area (TPSA) is 139 Å². The molecule has 0 aromatic carbocycles. The van der Waals surface area contributed by atoms with Gasteiger partial charge in [-0.25, -0.2) is 19.0 Å².